The summed E-state index contributed by atoms with van der Waals surface area (Å²) in [5, 5.41) is 4.21. The van der Waals surface area contributed by atoms with E-state index >= 15 is 0 Å². The molecule has 0 saturated carbocycles. The van der Waals surface area contributed by atoms with Gasteiger partial charge in [0.05, 0.1) is 0 Å². The van der Waals surface area contributed by atoms with Crippen molar-refractivity contribution >= 4 is 27.5 Å². The van der Waals surface area contributed by atoms with Gasteiger partial charge < -0.3 is 5.32 Å². The molecule has 0 unspecified atom stereocenters. The number of hydrogen-bond donors (Lipinski definition) is 1. The monoisotopic (exact) mass is 337 g/mol. The van der Waals surface area contributed by atoms with Gasteiger partial charge in [-0.15, -0.1) is 0 Å². The smallest absolute Gasteiger partial charge is 0.0462 e. The molecule has 0 saturated heterocycles. The number of benzene rings is 2. The van der Waals surface area contributed by atoms with Crippen molar-refractivity contribution in [3.8, 4) is 0 Å². The predicted molar refractivity (Wildman–Crippen MR) is 85.5 cm³/mol. The van der Waals surface area contributed by atoms with Gasteiger partial charge in [0.15, 0.2) is 0 Å². The maximum atomic E-state index is 6.18. The molecule has 0 fully saturated rings. The van der Waals surface area contributed by atoms with Gasteiger partial charge in [-0.3, -0.25) is 0 Å². The van der Waals surface area contributed by atoms with Crippen LogP contribution < -0.4 is 5.32 Å². The molecule has 0 aliphatic rings. The van der Waals surface area contributed by atoms with Crippen LogP contribution in [0.15, 0.2) is 46.9 Å². The molecule has 2 aromatic rings. The van der Waals surface area contributed by atoms with Gasteiger partial charge in [-0.2, -0.15) is 0 Å². The SMILES string of the molecule is CCc1ccc(CNCc2ccc(Br)cc2Cl)cc1. The number of nitrogens with one attached hydrogen (secondary N) is 1. The van der Waals surface area contributed by atoms with E-state index in [1.807, 2.05) is 18.2 Å². The average molecular weight is 339 g/mol. The first-order valence-electron chi connectivity index (χ1n) is 6.41. The Morgan fingerprint density at radius 2 is 1.68 bits per heavy atom. The van der Waals surface area contributed by atoms with Crippen LogP contribution in [0.3, 0.4) is 0 Å². The molecule has 19 heavy (non-hydrogen) atoms. The minimum Gasteiger partial charge on any atom is -0.309 e. The summed E-state index contributed by atoms with van der Waals surface area (Å²) in [6.45, 7) is 3.81. The Morgan fingerprint density at radius 3 is 2.32 bits per heavy atom. The van der Waals surface area contributed by atoms with E-state index in [9.17, 15) is 0 Å². The van der Waals surface area contributed by atoms with Gasteiger partial charge in [-0.25, -0.2) is 0 Å². The molecule has 0 radical (unpaired) electrons. The van der Waals surface area contributed by atoms with Crippen molar-refractivity contribution in [1.29, 1.82) is 0 Å². The van der Waals surface area contributed by atoms with Gasteiger partial charge in [0.2, 0.25) is 0 Å². The Labute approximate surface area is 128 Å². The standard InChI is InChI=1S/C16H17BrClN/c1-2-12-3-5-13(6-4-12)10-19-11-14-7-8-15(17)9-16(14)18/h3-9,19H,2,10-11H2,1H3. The Morgan fingerprint density at radius 1 is 1.00 bits per heavy atom. The molecule has 100 valence electrons. The van der Waals surface area contributed by atoms with Crippen molar-refractivity contribution in [2.75, 3.05) is 0 Å². The second-order valence-electron chi connectivity index (χ2n) is 4.51. The molecule has 0 aliphatic heterocycles. The molecular weight excluding hydrogens is 322 g/mol. The van der Waals surface area contributed by atoms with E-state index in [4.69, 9.17) is 11.6 Å². The Kier molecular flexibility index (Phi) is 5.44. The van der Waals surface area contributed by atoms with Crippen LogP contribution >= 0.6 is 27.5 Å². The molecule has 0 aliphatic carbocycles. The lowest BCUT2D eigenvalue weighted by Gasteiger charge is -2.08. The highest BCUT2D eigenvalue weighted by molar-refractivity contribution is 9.10. The lowest BCUT2D eigenvalue weighted by Crippen LogP contribution is -2.12. The normalized spacial score (nSPS) is 10.7. The fraction of sp³-hybridized carbons (Fsp3) is 0.250. The number of halogens is 2. The van der Waals surface area contributed by atoms with Gasteiger partial charge in [-0.1, -0.05) is 64.8 Å². The molecule has 0 atom stereocenters. The van der Waals surface area contributed by atoms with Crippen LogP contribution in [0, 0.1) is 0 Å². The average Bonchev–Trinajstić information content (AvgIpc) is 2.42. The van der Waals surface area contributed by atoms with Crippen LogP contribution in [-0.2, 0) is 19.5 Å². The van der Waals surface area contributed by atoms with Crippen LogP contribution in [0.1, 0.15) is 23.6 Å². The molecule has 0 amide bonds. The van der Waals surface area contributed by atoms with Gasteiger partial charge in [0, 0.05) is 22.6 Å². The zero-order valence-electron chi connectivity index (χ0n) is 10.9. The van der Waals surface area contributed by atoms with Crippen molar-refractivity contribution in [3.63, 3.8) is 0 Å². The first kappa shape index (κ1) is 14.6. The van der Waals surface area contributed by atoms with E-state index < -0.39 is 0 Å². The molecule has 1 N–H and O–H groups in total. The molecule has 0 spiro atoms. The summed E-state index contributed by atoms with van der Waals surface area (Å²) in [5.41, 5.74) is 3.79. The van der Waals surface area contributed by atoms with Crippen LogP contribution in [0.25, 0.3) is 0 Å². The quantitative estimate of drug-likeness (QED) is 0.813. The molecule has 1 nitrogen and oxygen atoms in total. The summed E-state index contributed by atoms with van der Waals surface area (Å²) in [4.78, 5) is 0. The second kappa shape index (κ2) is 7.09. The summed E-state index contributed by atoms with van der Waals surface area (Å²) >= 11 is 9.59. The zero-order chi connectivity index (χ0) is 13.7. The summed E-state index contributed by atoms with van der Waals surface area (Å²) in [7, 11) is 0. The fourth-order valence-electron chi connectivity index (χ4n) is 1.90. The number of aryl methyl sites for hydroxylation is 1. The third-order valence-corrected chi connectivity index (χ3v) is 3.94. The molecule has 2 rings (SSSR count). The first-order chi connectivity index (χ1) is 9.19. The Bertz CT molecular complexity index is 537. The summed E-state index contributed by atoms with van der Waals surface area (Å²) < 4.78 is 1.01. The predicted octanol–water partition coefficient (Wildman–Crippen LogP) is 4.95. The van der Waals surface area contributed by atoms with Crippen LogP contribution in [0.4, 0.5) is 0 Å². The van der Waals surface area contributed by atoms with E-state index in [0.717, 1.165) is 34.6 Å². The lowest BCUT2D eigenvalue weighted by atomic mass is 10.1. The largest absolute Gasteiger partial charge is 0.309 e. The molecular formula is C16H17BrClN. The number of hydrogen-bond acceptors (Lipinski definition) is 1. The molecule has 0 heterocycles. The topological polar surface area (TPSA) is 12.0 Å². The van der Waals surface area contributed by atoms with Crippen molar-refractivity contribution in [1.82, 2.24) is 5.32 Å². The molecule has 3 heteroatoms. The lowest BCUT2D eigenvalue weighted by molar-refractivity contribution is 0.693. The highest BCUT2D eigenvalue weighted by Gasteiger charge is 2.01. The highest BCUT2D eigenvalue weighted by atomic mass is 79.9. The van der Waals surface area contributed by atoms with Crippen molar-refractivity contribution in [2.24, 2.45) is 0 Å². The minimum atomic E-state index is 0.779. The minimum absolute atomic E-state index is 0.779. The molecule has 0 aromatic heterocycles. The maximum absolute atomic E-state index is 6.18. The Hall–Kier alpha value is -0.830. The van der Waals surface area contributed by atoms with Gasteiger partial charge in [-0.05, 0) is 35.2 Å². The number of rotatable bonds is 5. The summed E-state index contributed by atoms with van der Waals surface area (Å²) in [5.74, 6) is 0. The van der Waals surface area contributed by atoms with Crippen LogP contribution in [0.5, 0.6) is 0 Å². The van der Waals surface area contributed by atoms with Gasteiger partial charge >= 0.3 is 0 Å². The first-order valence-corrected chi connectivity index (χ1v) is 7.58. The summed E-state index contributed by atoms with van der Waals surface area (Å²) in [6, 6.07) is 14.7. The molecule has 2 aromatic carbocycles. The van der Waals surface area contributed by atoms with Crippen LogP contribution in [-0.4, -0.2) is 0 Å². The Balaban J connectivity index is 1.88. The van der Waals surface area contributed by atoms with Crippen molar-refractivity contribution in [3.05, 3.63) is 68.7 Å². The maximum Gasteiger partial charge on any atom is 0.0462 e. The third-order valence-electron chi connectivity index (χ3n) is 3.09. The van der Waals surface area contributed by atoms with Crippen molar-refractivity contribution < 1.29 is 0 Å². The van der Waals surface area contributed by atoms with Crippen molar-refractivity contribution in [2.45, 2.75) is 26.4 Å². The van der Waals surface area contributed by atoms with Gasteiger partial charge in [0.1, 0.15) is 0 Å². The van der Waals surface area contributed by atoms with E-state index in [1.165, 1.54) is 11.1 Å². The zero-order valence-corrected chi connectivity index (χ0v) is 13.3. The van der Waals surface area contributed by atoms with E-state index in [1.54, 1.807) is 0 Å². The van der Waals surface area contributed by atoms with E-state index in [2.05, 4.69) is 52.4 Å². The third kappa shape index (κ3) is 4.34. The second-order valence-corrected chi connectivity index (χ2v) is 5.83. The highest BCUT2D eigenvalue weighted by Crippen LogP contribution is 2.21. The van der Waals surface area contributed by atoms with E-state index in [0.29, 0.717) is 0 Å². The fourth-order valence-corrected chi connectivity index (χ4v) is 2.64. The summed E-state index contributed by atoms with van der Waals surface area (Å²) in [6.07, 6.45) is 1.09. The van der Waals surface area contributed by atoms with Gasteiger partial charge in [0.25, 0.3) is 0 Å². The van der Waals surface area contributed by atoms with Crippen LogP contribution in [0.2, 0.25) is 5.02 Å². The van der Waals surface area contributed by atoms with E-state index in [-0.39, 0.29) is 0 Å². The molecule has 0 bridgehead atoms.